The highest BCUT2D eigenvalue weighted by Crippen LogP contribution is 2.33. The highest BCUT2D eigenvalue weighted by Gasteiger charge is 2.21. The van der Waals surface area contributed by atoms with Gasteiger partial charge in [0.2, 0.25) is 11.8 Å². The monoisotopic (exact) mass is 439 g/mol. The third-order valence-electron chi connectivity index (χ3n) is 5.69. The van der Waals surface area contributed by atoms with Crippen LogP contribution in [0.5, 0.6) is 11.6 Å². The Kier molecular flexibility index (Phi) is 6.59. The van der Waals surface area contributed by atoms with Gasteiger partial charge in [0.15, 0.2) is 0 Å². The van der Waals surface area contributed by atoms with Crippen LogP contribution in [-0.2, 0) is 11.2 Å². The number of aromatic nitrogens is 2. The predicted octanol–water partition coefficient (Wildman–Crippen LogP) is 6.47. The number of nitrogens with zero attached hydrogens (tertiary/aromatic N) is 2. The summed E-state index contributed by atoms with van der Waals surface area (Å²) in [6.07, 6.45) is 0.856. The number of para-hydroxylation sites is 2. The molecule has 5 heteroatoms. The van der Waals surface area contributed by atoms with Crippen molar-refractivity contribution in [3.05, 3.63) is 101 Å². The molecule has 0 spiro atoms. The minimum absolute atomic E-state index is 0.0366. The van der Waals surface area contributed by atoms with Crippen LogP contribution in [0.3, 0.4) is 0 Å². The van der Waals surface area contributed by atoms with Gasteiger partial charge in [-0.25, -0.2) is 0 Å². The second kappa shape index (κ2) is 9.74. The maximum Gasteiger partial charge on any atom is 0.226 e. The minimum Gasteiger partial charge on any atom is -0.438 e. The van der Waals surface area contributed by atoms with Crippen molar-refractivity contribution in [1.29, 1.82) is 0 Å². The normalized spacial score (nSPS) is 10.8. The molecular weight excluding hydrogens is 410 g/mol. The van der Waals surface area contributed by atoms with E-state index in [9.17, 15) is 4.79 Å². The molecular formula is C28H29N3O2. The smallest absolute Gasteiger partial charge is 0.226 e. The third kappa shape index (κ3) is 5.14. The molecule has 0 radical (unpaired) electrons. The molecule has 168 valence electrons. The molecule has 3 aromatic carbocycles. The highest BCUT2D eigenvalue weighted by atomic mass is 16.5. The van der Waals surface area contributed by atoms with Gasteiger partial charge in [-0.15, -0.1) is 0 Å². The second-order valence-electron chi connectivity index (χ2n) is 8.35. The number of nitrogens with one attached hydrogen (secondary N) is 1. The van der Waals surface area contributed by atoms with E-state index in [0.717, 1.165) is 45.1 Å². The summed E-state index contributed by atoms with van der Waals surface area (Å²) in [7, 11) is 0. The molecule has 0 fully saturated rings. The van der Waals surface area contributed by atoms with Gasteiger partial charge in [0.05, 0.1) is 11.4 Å². The first-order chi connectivity index (χ1) is 15.9. The van der Waals surface area contributed by atoms with Crippen LogP contribution in [0.25, 0.3) is 5.69 Å². The summed E-state index contributed by atoms with van der Waals surface area (Å²) < 4.78 is 8.29. The van der Waals surface area contributed by atoms with Crippen molar-refractivity contribution < 1.29 is 9.53 Å². The molecule has 0 aliphatic heterocycles. The number of rotatable bonds is 7. The average Bonchev–Trinajstić information content (AvgIpc) is 3.09. The van der Waals surface area contributed by atoms with Crippen LogP contribution in [0.1, 0.15) is 34.4 Å². The Bertz CT molecular complexity index is 1290. The van der Waals surface area contributed by atoms with Crippen LogP contribution in [0.4, 0.5) is 5.69 Å². The number of carbonyl (C=O) groups excluding carboxylic acids is 1. The molecule has 4 aromatic rings. The van der Waals surface area contributed by atoms with Crippen molar-refractivity contribution in [3.8, 4) is 17.3 Å². The fraction of sp³-hybridized carbons (Fsp3) is 0.214. The first-order valence-corrected chi connectivity index (χ1v) is 11.2. The van der Waals surface area contributed by atoms with Crippen LogP contribution >= 0.6 is 0 Å². The quantitative estimate of drug-likeness (QED) is 0.359. The van der Waals surface area contributed by atoms with Gasteiger partial charge in [-0.05, 0) is 75.1 Å². The van der Waals surface area contributed by atoms with Gasteiger partial charge in [-0.3, -0.25) is 4.79 Å². The van der Waals surface area contributed by atoms with Gasteiger partial charge in [-0.1, -0.05) is 48.5 Å². The first-order valence-electron chi connectivity index (χ1n) is 11.2. The summed E-state index contributed by atoms with van der Waals surface area (Å²) in [4.78, 5) is 12.7. The molecule has 1 aromatic heterocycles. The van der Waals surface area contributed by atoms with Gasteiger partial charge >= 0.3 is 0 Å². The summed E-state index contributed by atoms with van der Waals surface area (Å²) in [6.45, 7) is 8.05. The largest absolute Gasteiger partial charge is 0.438 e. The molecule has 0 saturated heterocycles. The van der Waals surface area contributed by atoms with Gasteiger partial charge in [0.25, 0.3) is 0 Å². The number of benzene rings is 3. The van der Waals surface area contributed by atoms with E-state index >= 15 is 0 Å². The number of hydrogen-bond donors (Lipinski definition) is 1. The van der Waals surface area contributed by atoms with Crippen molar-refractivity contribution in [1.82, 2.24) is 9.78 Å². The summed E-state index contributed by atoms with van der Waals surface area (Å²) in [5, 5.41) is 7.79. The predicted molar refractivity (Wildman–Crippen MR) is 132 cm³/mol. The molecule has 0 atom stereocenters. The summed E-state index contributed by atoms with van der Waals surface area (Å²) in [5.41, 5.74) is 6.79. The summed E-state index contributed by atoms with van der Waals surface area (Å²) in [5.74, 6) is 1.39. The van der Waals surface area contributed by atoms with E-state index in [1.807, 2.05) is 92.2 Å². The Balaban J connectivity index is 1.64. The molecule has 0 bridgehead atoms. The fourth-order valence-electron chi connectivity index (χ4n) is 3.86. The van der Waals surface area contributed by atoms with Gasteiger partial charge in [0.1, 0.15) is 5.75 Å². The lowest BCUT2D eigenvalue weighted by atomic mass is 10.1. The Morgan fingerprint density at radius 2 is 1.64 bits per heavy atom. The molecule has 5 nitrogen and oxygen atoms in total. The van der Waals surface area contributed by atoms with Crippen LogP contribution in [0.15, 0.2) is 72.8 Å². The molecule has 4 rings (SSSR count). The van der Waals surface area contributed by atoms with Crippen molar-refractivity contribution in [3.63, 3.8) is 0 Å². The number of amides is 1. The van der Waals surface area contributed by atoms with Crippen LogP contribution in [0, 0.1) is 27.7 Å². The molecule has 1 amide bonds. The van der Waals surface area contributed by atoms with Crippen molar-refractivity contribution in [2.45, 2.75) is 40.5 Å². The SMILES string of the molecule is Cc1cccc(NC(=O)CCc2c(C)nn(-c3ccccc3C)c2Oc2ccccc2C)c1. The first kappa shape index (κ1) is 22.3. The summed E-state index contributed by atoms with van der Waals surface area (Å²) >= 11 is 0. The number of carbonyl (C=O) groups is 1. The van der Waals surface area contributed by atoms with Crippen molar-refractivity contribution in [2.75, 3.05) is 5.32 Å². The molecule has 0 aliphatic carbocycles. The maximum absolute atomic E-state index is 12.7. The number of aryl methyl sites for hydroxylation is 4. The number of ether oxygens (including phenoxy) is 1. The number of anilines is 1. The lowest BCUT2D eigenvalue weighted by molar-refractivity contribution is -0.116. The molecule has 1 heterocycles. The molecule has 0 aliphatic rings. The van der Waals surface area contributed by atoms with E-state index < -0.39 is 0 Å². The zero-order valence-corrected chi connectivity index (χ0v) is 19.6. The van der Waals surface area contributed by atoms with Crippen molar-refractivity contribution >= 4 is 11.6 Å². The Morgan fingerprint density at radius 3 is 2.36 bits per heavy atom. The van der Waals surface area contributed by atoms with E-state index in [2.05, 4.69) is 18.3 Å². The van der Waals surface area contributed by atoms with Crippen LogP contribution < -0.4 is 10.1 Å². The Labute approximate surface area is 195 Å². The van der Waals surface area contributed by atoms with Crippen LogP contribution in [-0.4, -0.2) is 15.7 Å². The number of hydrogen-bond acceptors (Lipinski definition) is 3. The topological polar surface area (TPSA) is 56.2 Å². The molecule has 1 N–H and O–H groups in total. The lowest BCUT2D eigenvalue weighted by Gasteiger charge is -2.14. The average molecular weight is 440 g/mol. The fourth-order valence-corrected chi connectivity index (χ4v) is 3.86. The maximum atomic E-state index is 12.7. The molecule has 0 saturated carbocycles. The van der Waals surface area contributed by atoms with E-state index in [0.29, 0.717) is 18.7 Å². The Morgan fingerprint density at radius 1 is 0.909 bits per heavy atom. The van der Waals surface area contributed by atoms with E-state index in [1.54, 1.807) is 0 Å². The minimum atomic E-state index is -0.0366. The molecule has 0 unspecified atom stereocenters. The van der Waals surface area contributed by atoms with Gasteiger partial charge in [-0.2, -0.15) is 9.78 Å². The van der Waals surface area contributed by atoms with E-state index in [1.165, 1.54) is 0 Å². The van der Waals surface area contributed by atoms with E-state index in [-0.39, 0.29) is 5.91 Å². The van der Waals surface area contributed by atoms with Gasteiger partial charge < -0.3 is 10.1 Å². The lowest BCUT2D eigenvalue weighted by Crippen LogP contribution is -2.12. The van der Waals surface area contributed by atoms with Gasteiger partial charge in [0, 0.05) is 17.7 Å². The second-order valence-corrected chi connectivity index (χ2v) is 8.35. The standard InChI is InChI=1S/C28H29N3O2/c1-19-10-9-13-23(18-19)29-27(32)17-16-24-22(4)30-31(25-14-7-5-11-20(25)2)28(24)33-26-15-8-6-12-21(26)3/h5-15,18H,16-17H2,1-4H3,(H,29,32). The highest BCUT2D eigenvalue weighted by molar-refractivity contribution is 5.91. The third-order valence-corrected chi connectivity index (χ3v) is 5.69. The van der Waals surface area contributed by atoms with Crippen molar-refractivity contribution in [2.24, 2.45) is 0 Å². The van der Waals surface area contributed by atoms with E-state index in [4.69, 9.17) is 9.84 Å². The van der Waals surface area contributed by atoms with Crippen LogP contribution in [0.2, 0.25) is 0 Å². The zero-order valence-electron chi connectivity index (χ0n) is 19.6. The molecule has 33 heavy (non-hydrogen) atoms. The summed E-state index contributed by atoms with van der Waals surface area (Å²) in [6, 6.07) is 23.8. The zero-order chi connectivity index (χ0) is 23.4. The Hall–Kier alpha value is -3.86.